The van der Waals surface area contributed by atoms with Crippen LogP contribution in [-0.2, 0) is 9.59 Å². The fourth-order valence-corrected chi connectivity index (χ4v) is 3.26. The summed E-state index contributed by atoms with van der Waals surface area (Å²) in [5.74, 6) is -0.210. The average molecular weight is 460 g/mol. The normalized spacial score (nSPS) is 9.96. The number of aromatic nitrogens is 1. The lowest BCUT2D eigenvalue weighted by molar-refractivity contribution is -0.119. The molecule has 0 atom stereocenters. The van der Waals surface area contributed by atoms with Crippen LogP contribution >= 0.6 is 51.2 Å². The van der Waals surface area contributed by atoms with E-state index in [1.54, 1.807) is 11.6 Å². The number of thiocarbonyl (C=S) groups is 1. The second-order valence-electron chi connectivity index (χ2n) is 4.49. The summed E-state index contributed by atoms with van der Waals surface area (Å²) >= 11 is 11.0. The number of nitrogens with one attached hydrogen (secondary N) is 4. The fraction of sp³-hybridized carbons (Fsp3) is 0.143. The maximum atomic E-state index is 11.7. The largest absolute Gasteiger partial charge is 0.330 e. The fourth-order valence-electron chi connectivity index (χ4n) is 1.56. The van der Waals surface area contributed by atoms with Gasteiger partial charge in [-0.25, -0.2) is 4.98 Å². The van der Waals surface area contributed by atoms with Crippen LogP contribution in [0.4, 0.5) is 10.8 Å². The molecule has 0 saturated carbocycles. The number of amides is 2. The third-order valence-electron chi connectivity index (χ3n) is 2.58. The van der Waals surface area contributed by atoms with Crippen LogP contribution in [0.2, 0.25) is 0 Å². The first-order valence-corrected chi connectivity index (χ1v) is 10.2. The van der Waals surface area contributed by atoms with Crippen LogP contribution in [0.3, 0.4) is 0 Å². The van der Waals surface area contributed by atoms with E-state index in [0.717, 1.165) is 10.2 Å². The third-order valence-corrected chi connectivity index (χ3v) is 5.10. The second kappa shape index (κ2) is 10.3. The molecule has 132 valence electrons. The lowest BCUT2D eigenvalue weighted by Crippen LogP contribution is -2.44. The number of thiazole rings is 1. The first-order valence-electron chi connectivity index (χ1n) is 6.92. The van der Waals surface area contributed by atoms with Gasteiger partial charge in [-0.3, -0.25) is 20.4 Å². The van der Waals surface area contributed by atoms with Crippen LogP contribution in [0, 0.1) is 0 Å². The third kappa shape index (κ3) is 7.38. The molecule has 0 bridgehead atoms. The van der Waals surface area contributed by atoms with Crippen LogP contribution in [-0.4, -0.2) is 33.4 Å². The standard InChI is InChI=1S/C14H14BrN5O2S3/c15-9-3-1-2-4-10(9)17-13(23)20-19-12(22)8-24-7-11(21)18-14-16-5-6-25-14/h1-6H,7-8H2,(H,19,22)(H,16,18,21)(H2,17,20,23). The van der Waals surface area contributed by atoms with Gasteiger partial charge in [0.1, 0.15) is 0 Å². The van der Waals surface area contributed by atoms with Crippen LogP contribution in [0.5, 0.6) is 0 Å². The van der Waals surface area contributed by atoms with Gasteiger partial charge in [0.15, 0.2) is 10.2 Å². The number of anilines is 2. The summed E-state index contributed by atoms with van der Waals surface area (Å²) in [6, 6.07) is 7.46. The molecule has 0 aliphatic carbocycles. The molecule has 11 heteroatoms. The number of hydrogen-bond donors (Lipinski definition) is 4. The molecule has 7 nitrogen and oxygen atoms in total. The zero-order chi connectivity index (χ0) is 18.1. The van der Waals surface area contributed by atoms with Crippen molar-refractivity contribution in [2.24, 2.45) is 0 Å². The number of benzene rings is 1. The van der Waals surface area contributed by atoms with E-state index >= 15 is 0 Å². The van der Waals surface area contributed by atoms with Crippen molar-refractivity contribution >= 4 is 79.0 Å². The molecule has 1 aromatic carbocycles. The van der Waals surface area contributed by atoms with Gasteiger partial charge in [-0.1, -0.05) is 12.1 Å². The molecule has 0 aliphatic heterocycles. The molecule has 25 heavy (non-hydrogen) atoms. The minimum Gasteiger partial charge on any atom is -0.330 e. The van der Waals surface area contributed by atoms with Crippen LogP contribution in [0.15, 0.2) is 40.3 Å². The maximum Gasteiger partial charge on any atom is 0.248 e. The van der Waals surface area contributed by atoms with Crippen molar-refractivity contribution in [3.05, 3.63) is 40.3 Å². The monoisotopic (exact) mass is 459 g/mol. The van der Waals surface area contributed by atoms with Crippen molar-refractivity contribution < 1.29 is 9.59 Å². The highest BCUT2D eigenvalue weighted by molar-refractivity contribution is 9.10. The molecule has 4 N–H and O–H groups in total. The van der Waals surface area contributed by atoms with Crippen molar-refractivity contribution in [2.75, 3.05) is 22.1 Å². The second-order valence-corrected chi connectivity index (χ2v) is 7.63. The molecule has 2 amide bonds. The lowest BCUT2D eigenvalue weighted by atomic mass is 10.3. The number of rotatable bonds is 6. The van der Waals surface area contributed by atoms with E-state index in [2.05, 4.69) is 42.4 Å². The summed E-state index contributed by atoms with van der Waals surface area (Å²) < 4.78 is 0.854. The number of carbonyl (C=O) groups excluding carboxylic acids is 2. The molecular weight excluding hydrogens is 446 g/mol. The molecule has 0 unspecified atom stereocenters. The van der Waals surface area contributed by atoms with E-state index in [1.165, 1.54) is 23.1 Å². The number of thioether (sulfide) groups is 1. The molecule has 2 rings (SSSR count). The molecular formula is C14H14BrN5O2S3. The van der Waals surface area contributed by atoms with Crippen molar-refractivity contribution in [1.29, 1.82) is 0 Å². The lowest BCUT2D eigenvalue weighted by Gasteiger charge is -2.12. The molecule has 2 aromatic rings. The first-order chi connectivity index (χ1) is 12.0. The number of hydrazine groups is 1. The summed E-state index contributed by atoms with van der Waals surface area (Å²) in [6.07, 6.45) is 1.61. The molecule has 0 saturated heterocycles. The zero-order valence-electron chi connectivity index (χ0n) is 12.7. The molecule has 1 aromatic heterocycles. The first kappa shape index (κ1) is 19.6. The van der Waals surface area contributed by atoms with Gasteiger partial charge in [0.05, 0.1) is 17.2 Å². The highest BCUT2D eigenvalue weighted by Gasteiger charge is 2.08. The quantitative estimate of drug-likeness (QED) is 0.389. The number of nitrogens with zero attached hydrogens (tertiary/aromatic N) is 1. The van der Waals surface area contributed by atoms with Crippen LogP contribution in [0.1, 0.15) is 0 Å². The number of hydrogen-bond acceptors (Lipinski definition) is 6. The Morgan fingerprint density at radius 3 is 2.64 bits per heavy atom. The SMILES string of the molecule is O=C(CSCC(=O)Nc1nccs1)NNC(=S)Nc1ccccc1Br. The van der Waals surface area contributed by atoms with Crippen LogP contribution < -0.4 is 21.5 Å². The van der Waals surface area contributed by atoms with Gasteiger partial charge in [-0.2, -0.15) is 0 Å². The van der Waals surface area contributed by atoms with Crippen molar-refractivity contribution in [2.45, 2.75) is 0 Å². The average Bonchev–Trinajstić information content (AvgIpc) is 3.08. The van der Waals surface area contributed by atoms with E-state index in [0.29, 0.717) is 5.13 Å². The van der Waals surface area contributed by atoms with Gasteiger partial charge in [0.2, 0.25) is 11.8 Å². The number of para-hydroxylation sites is 1. The van der Waals surface area contributed by atoms with Crippen molar-refractivity contribution in [3.8, 4) is 0 Å². The predicted molar refractivity (Wildman–Crippen MR) is 110 cm³/mol. The Labute approximate surface area is 166 Å². The highest BCUT2D eigenvalue weighted by atomic mass is 79.9. The van der Waals surface area contributed by atoms with E-state index in [-0.39, 0.29) is 28.4 Å². The predicted octanol–water partition coefficient (Wildman–Crippen LogP) is 2.60. The highest BCUT2D eigenvalue weighted by Crippen LogP contribution is 2.20. The zero-order valence-corrected chi connectivity index (χ0v) is 16.8. The summed E-state index contributed by atoms with van der Waals surface area (Å²) in [4.78, 5) is 27.3. The van der Waals surface area contributed by atoms with E-state index in [1.807, 2.05) is 24.3 Å². The van der Waals surface area contributed by atoms with E-state index in [9.17, 15) is 9.59 Å². The Bertz CT molecular complexity index is 742. The molecule has 0 aliphatic rings. The summed E-state index contributed by atoms with van der Waals surface area (Å²) in [5, 5.41) is 8.16. The van der Waals surface area contributed by atoms with Gasteiger partial charge in [-0.05, 0) is 40.3 Å². The molecule has 0 fully saturated rings. The topological polar surface area (TPSA) is 95.2 Å². The van der Waals surface area contributed by atoms with Gasteiger partial charge in [0, 0.05) is 16.0 Å². The Kier molecular flexibility index (Phi) is 8.12. The summed E-state index contributed by atoms with van der Waals surface area (Å²) in [6.45, 7) is 0. The minimum atomic E-state index is -0.289. The molecule has 1 heterocycles. The van der Waals surface area contributed by atoms with Gasteiger partial charge in [-0.15, -0.1) is 23.1 Å². The summed E-state index contributed by atoms with van der Waals surface area (Å²) in [7, 11) is 0. The van der Waals surface area contributed by atoms with Crippen LogP contribution in [0.25, 0.3) is 0 Å². The van der Waals surface area contributed by atoms with Gasteiger partial charge < -0.3 is 10.6 Å². The summed E-state index contributed by atoms with van der Waals surface area (Å²) in [5.41, 5.74) is 5.86. The van der Waals surface area contributed by atoms with Gasteiger partial charge >= 0.3 is 0 Å². The number of halogens is 1. The van der Waals surface area contributed by atoms with E-state index in [4.69, 9.17) is 12.2 Å². The van der Waals surface area contributed by atoms with Gasteiger partial charge in [0.25, 0.3) is 0 Å². The Morgan fingerprint density at radius 2 is 1.92 bits per heavy atom. The van der Waals surface area contributed by atoms with Crippen molar-refractivity contribution in [1.82, 2.24) is 15.8 Å². The minimum absolute atomic E-state index is 0.121. The Morgan fingerprint density at radius 1 is 1.16 bits per heavy atom. The number of carbonyl (C=O) groups is 2. The molecule has 0 radical (unpaired) electrons. The smallest absolute Gasteiger partial charge is 0.248 e. The molecule has 0 spiro atoms. The Balaban J connectivity index is 1.61. The maximum absolute atomic E-state index is 11.7. The van der Waals surface area contributed by atoms with Crippen molar-refractivity contribution in [3.63, 3.8) is 0 Å². The Hall–Kier alpha value is -1.69. The van der Waals surface area contributed by atoms with E-state index < -0.39 is 0 Å².